The topological polar surface area (TPSA) is 196 Å². The van der Waals surface area contributed by atoms with Crippen molar-refractivity contribution in [1.29, 1.82) is 0 Å². The van der Waals surface area contributed by atoms with E-state index in [4.69, 9.17) is 36.1 Å². The first-order valence-corrected chi connectivity index (χ1v) is 18.4. The Morgan fingerprint density at radius 3 is 2.12 bits per heavy atom. The van der Waals surface area contributed by atoms with Gasteiger partial charge in [0.15, 0.2) is 0 Å². The minimum Gasteiger partial charge on any atom is -0.489 e. The second kappa shape index (κ2) is 20.7. The summed E-state index contributed by atoms with van der Waals surface area (Å²) >= 11 is 6.66. The lowest BCUT2D eigenvalue weighted by Crippen LogP contribution is -2.44. The van der Waals surface area contributed by atoms with Crippen molar-refractivity contribution >= 4 is 58.8 Å². The zero-order chi connectivity index (χ0) is 42.5. The molecular formula is C37H40ClF6N7O7. The van der Waals surface area contributed by atoms with E-state index >= 15 is 0 Å². The molecule has 2 fully saturated rings. The van der Waals surface area contributed by atoms with Gasteiger partial charge in [-0.05, 0) is 67.7 Å². The molecule has 314 valence electrons. The Labute approximate surface area is 333 Å². The van der Waals surface area contributed by atoms with Crippen LogP contribution in [-0.4, -0.2) is 98.5 Å². The van der Waals surface area contributed by atoms with Crippen LogP contribution < -0.4 is 20.7 Å². The number of fused-ring (bicyclic) bond motifs is 1. The van der Waals surface area contributed by atoms with Gasteiger partial charge in [0.2, 0.25) is 11.8 Å². The number of carboxylic acids is 2. The van der Waals surface area contributed by atoms with E-state index in [1.165, 1.54) is 19.2 Å². The number of aromatic nitrogens is 3. The Bertz CT molecular complexity index is 1900. The van der Waals surface area contributed by atoms with Crippen LogP contribution >= 0.6 is 11.6 Å². The predicted octanol–water partition coefficient (Wildman–Crippen LogP) is 6.65. The monoisotopic (exact) mass is 843 g/mol. The largest absolute Gasteiger partial charge is 0.490 e. The van der Waals surface area contributed by atoms with Gasteiger partial charge in [-0.1, -0.05) is 24.4 Å². The van der Waals surface area contributed by atoms with E-state index in [-0.39, 0.29) is 17.9 Å². The maximum Gasteiger partial charge on any atom is 0.490 e. The molecule has 3 aromatic rings. The summed E-state index contributed by atoms with van der Waals surface area (Å²) in [5, 5.41) is 24.4. The fraction of sp³-hybridized carbons (Fsp3) is 0.432. The number of amides is 2. The standard InChI is InChI=1S/C33H38ClN7O3.2C2HF3O2/c34-28-20-25(5-6-29(28)44-26-11-17-41(18-12-26)33(43)23-3-1-2-4-23)40-31-27-19-24(10-16-36-30(27)38-21-39-31)32(42)37-15-9-22-7-13-35-14-8-22;2*3-2(4,5)1(6)7/h5-8,13-14,19-21,23,26H,1-4,9-12,15-18H2,(H,37,42)(H2,36,38,39,40);2*(H,6,7). The molecule has 0 spiro atoms. The average molecular weight is 844 g/mol. The number of pyridine rings is 1. The van der Waals surface area contributed by atoms with Crippen LogP contribution in [0.3, 0.4) is 0 Å². The highest BCUT2D eigenvalue weighted by atomic mass is 35.5. The molecule has 1 saturated heterocycles. The molecule has 0 unspecified atom stereocenters. The maximum atomic E-state index is 13.0. The lowest BCUT2D eigenvalue weighted by molar-refractivity contribution is -0.193. The summed E-state index contributed by atoms with van der Waals surface area (Å²) in [7, 11) is 0. The number of benzene rings is 1. The number of carbonyl (C=O) groups is 4. The highest BCUT2D eigenvalue weighted by molar-refractivity contribution is 6.32. The molecule has 0 radical (unpaired) electrons. The van der Waals surface area contributed by atoms with E-state index in [1.807, 2.05) is 41.3 Å². The number of rotatable bonds is 9. The van der Waals surface area contributed by atoms with Crippen molar-refractivity contribution in [3.8, 4) is 5.75 Å². The molecule has 2 amide bonds. The lowest BCUT2D eigenvalue weighted by Gasteiger charge is -2.33. The molecule has 2 aliphatic heterocycles. The summed E-state index contributed by atoms with van der Waals surface area (Å²) < 4.78 is 69.7. The van der Waals surface area contributed by atoms with Gasteiger partial charge >= 0.3 is 24.3 Å². The van der Waals surface area contributed by atoms with Crippen LogP contribution in [0.5, 0.6) is 5.75 Å². The van der Waals surface area contributed by atoms with Crippen molar-refractivity contribution in [2.24, 2.45) is 5.92 Å². The van der Waals surface area contributed by atoms with E-state index < -0.39 is 24.3 Å². The Balaban J connectivity index is 0.000000456. The first kappa shape index (κ1) is 45.0. The van der Waals surface area contributed by atoms with Gasteiger partial charge in [-0.2, -0.15) is 26.3 Å². The van der Waals surface area contributed by atoms with Gasteiger partial charge in [0.05, 0.1) is 10.6 Å². The molecule has 3 aliphatic rings. The summed E-state index contributed by atoms with van der Waals surface area (Å²) in [6, 6.07) is 9.46. The van der Waals surface area contributed by atoms with Gasteiger partial charge in [0, 0.05) is 68.6 Å². The van der Waals surface area contributed by atoms with Crippen molar-refractivity contribution in [3.05, 3.63) is 70.8 Å². The van der Waals surface area contributed by atoms with Gasteiger partial charge in [-0.25, -0.2) is 19.6 Å². The van der Waals surface area contributed by atoms with Crippen LogP contribution in [0.2, 0.25) is 5.02 Å². The number of halogens is 7. The Morgan fingerprint density at radius 2 is 1.53 bits per heavy atom. The number of hydrogen-bond donors (Lipinski definition) is 5. The molecule has 1 aromatic carbocycles. The molecule has 5 N–H and O–H groups in total. The summed E-state index contributed by atoms with van der Waals surface area (Å²) in [6.07, 6.45) is 3.95. The van der Waals surface area contributed by atoms with Gasteiger partial charge < -0.3 is 35.8 Å². The number of aliphatic carboxylic acids is 2. The zero-order valence-electron chi connectivity index (χ0n) is 30.7. The molecule has 1 aliphatic carbocycles. The van der Waals surface area contributed by atoms with E-state index in [0.717, 1.165) is 56.4 Å². The highest BCUT2D eigenvalue weighted by Crippen LogP contribution is 2.34. The summed E-state index contributed by atoms with van der Waals surface area (Å²) in [4.78, 5) is 58.5. The first-order chi connectivity index (χ1) is 27.4. The number of hydrogen-bond acceptors (Lipinski definition) is 10. The van der Waals surface area contributed by atoms with Crippen molar-refractivity contribution in [2.45, 2.75) is 69.8 Å². The predicted molar refractivity (Wildman–Crippen MR) is 198 cm³/mol. The number of piperidine rings is 1. The Kier molecular flexibility index (Phi) is 16.1. The van der Waals surface area contributed by atoms with Crippen molar-refractivity contribution in [3.63, 3.8) is 0 Å². The van der Waals surface area contributed by atoms with Gasteiger partial charge in [-0.15, -0.1) is 0 Å². The number of likely N-dealkylation sites (tertiary alicyclic amines) is 1. The molecule has 0 atom stereocenters. The average Bonchev–Trinajstić information content (AvgIpc) is 3.63. The van der Waals surface area contributed by atoms with Gasteiger partial charge in [0.25, 0.3) is 0 Å². The van der Waals surface area contributed by atoms with E-state index in [0.29, 0.717) is 59.0 Å². The number of nitrogens with zero attached hydrogens (tertiary/aromatic N) is 4. The van der Waals surface area contributed by atoms with Crippen LogP contribution in [0.15, 0.2) is 54.6 Å². The summed E-state index contributed by atoms with van der Waals surface area (Å²) in [5.41, 5.74) is 3.22. The molecule has 14 nitrogen and oxygen atoms in total. The smallest absolute Gasteiger partial charge is 0.489 e. The maximum absolute atomic E-state index is 13.0. The summed E-state index contributed by atoms with van der Waals surface area (Å²) in [6.45, 7) is 2.56. The van der Waals surface area contributed by atoms with E-state index in [2.05, 4.69) is 30.9 Å². The zero-order valence-corrected chi connectivity index (χ0v) is 31.5. The minimum absolute atomic E-state index is 0.0158. The normalized spacial score (nSPS) is 15.8. The number of carbonyl (C=O) groups excluding carboxylic acids is 2. The second-order valence-corrected chi connectivity index (χ2v) is 13.6. The van der Waals surface area contributed by atoms with Crippen LogP contribution in [0, 0.1) is 5.92 Å². The molecule has 21 heteroatoms. The highest BCUT2D eigenvalue weighted by Gasteiger charge is 2.39. The molecule has 6 rings (SSSR count). The quantitative estimate of drug-likeness (QED) is 0.144. The second-order valence-electron chi connectivity index (χ2n) is 13.2. The molecule has 1 saturated carbocycles. The third-order valence-corrected chi connectivity index (χ3v) is 9.36. The summed E-state index contributed by atoms with van der Waals surface area (Å²) in [5.74, 6) is -3.25. The van der Waals surface area contributed by atoms with Crippen LogP contribution in [-0.2, 0) is 25.6 Å². The Morgan fingerprint density at radius 1 is 0.914 bits per heavy atom. The van der Waals surface area contributed by atoms with Crippen LogP contribution in [0.1, 0.15) is 56.1 Å². The van der Waals surface area contributed by atoms with E-state index in [9.17, 15) is 35.9 Å². The van der Waals surface area contributed by atoms with Crippen molar-refractivity contribution in [2.75, 3.05) is 36.8 Å². The SMILES string of the molecule is O=C(NCCc1ccncc1)C1=Cc2c(ncnc2Nc2ccc(OC3CCN(C(=O)C4CCCC4)CC3)c(Cl)c2)NCC1.O=C(O)C(F)(F)F.O=C(O)C(F)(F)F. The van der Waals surface area contributed by atoms with Gasteiger partial charge in [0.1, 0.15) is 29.8 Å². The van der Waals surface area contributed by atoms with Crippen molar-refractivity contribution < 1.29 is 60.5 Å². The van der Waals surface area contributed by atoms with E-state index in [1.54, 1.807) is 12.4 Å². The number of anilines is 3. The number of nitrogens with one attached hydrogen (secondary N) is 3. The Hall–Kier alpha value is -5.66. The third kappa shape index (κ3) is 13.8. The number of carboxylic acid groups (broad SMARTS) is 2. The fourth-order valence-corrected chi connectivity index (χ4v) is 6.34. The first-order valence-electron chi connectivity index (χ1n) is 18.0. The number of alkyl halides is 6. The van der Waals surface area contributed by atoms with Gasteiger partial charge in [-0.3, -0.25) is 14.6 Å². The fourth-order valence-electron chi connectivity index (χ4n) is 6.11. The molecule has 2 aromatic heterocycles. The van der Waals surface area contributed by atoms with Crippen LogP contribution in [0.4, 0.5) is 43.7 Å². The molecule has 0 bridgehead atoms. The molecule has 4 heterocycles. The van der Waals surface area contributed by atoms with Crippen LogP contribution in [0.25, 0.3) is 6.08 Å². The molecular weight excluding hydrogens is 804 g/mol. The third-order valence-electron chi connectivity index (χ3n) is 9.06. The minimum atomic E-state index is -5.08. The molecule has 58 heavy (non-hydrogen) atoms. The lowest BCUT2D eigenvalue weighted by atomic mass is 10.0. The van der Waals surface area contributed by atoms with Crippen molar-refractivity contribution in [1.82, 2.24) is 25.2 Å². The number of ether oxygens (including phenoxy) is 1.